The van der Waals surface area contributed by atoms with Crippen molar-refractivity contribution in [3.63, 3.8) is 0 Å². The molecule has 1 aromatic heterocycles. The van der Waals surface area contributed by atoms with E-state index in [2.05, 4.69) is 20.2 Å². The minimum atomic E-state index is 0.655. The van der Waals surface area contributed by atoms with Crippen molar-refractivity contribution >= 4 is 5.82 Å². The minimum absolute atomic E-state index is 0.655. The Bertz CT molecular complexity index is 467. The summed E-state index contributed by atoms with van der Waals surface area (Å²) in [5, 5.41) is 3.68. The zero-order chi connectivity index (χ0) is 12.7. The number of nitrogens with zero attached hydrogens (tertiary/aromatic N) is 3. The Morgan fingerprint density at radius 3 is 3.00 bits per heavy atom. The Hall–Kier alpha value is -1.16. The molecule has 2 atom stereocenters. The lowest BCUT2D eigenvalue weighted by Gasteiger charge is -2.31. The van der Waals surface area contributed by atoms with Gasteiger partial charge in [-0.2, -0.15) is 0 Å². The lowest BCUT2D eigenvalue weighted by atomic mass is 10.0. The highest BCUT2D eigenvalue weighted by Gasteiger charge is 2.35. The third kappa shape index (κ3) is 1.93. The van der Waals surface area contributed by atoms with Crippen LogP contribution in [0, 0.1) is 0 Å². The average Bonchev–Trinajstić information content (AvgIpc) is 3.18. The van der Waals surface area contributed by atoms with Gasteiger partial charge in [-0.1, -0.05) is 0 Å². The van der Waals surface area contributed by atoms with Gasteiger partial charge < -0.3 is 10.2 Å². The number of nitrogens with one attached hydrogen (secondary N) is 1. The SMILES string of the molecule is c1nc2c(c(N3CCCC3C3CCCN3)n1)CCC2. The van der Waals surface area contributed by atoms with E-state index in [1.807, 2.05) is 0 Å². The van der Waals surface area contributed by atoms with Gasteiger partial charge in [0.25, 0.3) is 0 Å². The fourth-order valence-electron chi connectivity index (χ4n) is 4.10. The summed E-state index contributed by atoms with van der Waals surface area (Å²) in [5.41, 5.74) is 2.74. The summed E-state index contributed by atoms with van der Waals surface area (Å²) in [6, 6.07) is 1.33. The van der Waals surface area contributed by atoms with E-state index in [4.69, 9.17) is 0 Å². The van der Waals surface area contributed by atoms with Crippen molar-refractivity contribution in [3.05, 3.63) is 17.6 Å². The number of fused-ring (bicyclic) bond motifs is 1. The normalized spacial score (nSPS) is 30.0. The van der Waals surface area contributed by atoms with E-state index in [1.54, 1.807) is 6.33 Å². The Kier molecular flexibility index (Phi) is 2.91. The van der Waals surface area contributed by atoms with Gasteiger partial charge in [0.2, 0.25) is 0 Å². The highest BCUT2D eigenvalue weighted by atomic mass is 15.3. The van der Waals surface area contributed by atoms with Gasteiger partial charge in [0.05, 0.1) is 0 Å². The van der Waals surface area contributed by atoms with Gasteiger partial charge in [-0.15, -0.1) is 0 Å². The lowest BCUT2D eigenvalue weighted by molar-refractivity contribution is 0.480. The summed E-state index contributed by atoms with van der Waals surface area (Å²) in [6.07, 6.45) is 10.6. The molecule has 3 heterocycles. The van der Waals surface area contributed by atoms with E-state index in [9.17, 15) is 0 Å². The van der Waals surface area contributed by atoms with Crippen LogP contribution in [0.1, 0.15) is 43.4 Å². The van der Waals surface area contributed by atoms with Gasteiger partial charge in [0, 0.05) is 29.9 Å². The molecule has 0 saturated carbocycles. The van der Waals surface area contributed by atoms with Gasteiger partial charge in [-0.3, -0.25) is 0 Å². The van der Waals surface area contributed by atoms with Gasteiger partial charge >= 0.3 is 0 Å². The van der Waals surface area contributed by atoms with Gasteiger partial charge in [-0.25, -0.2) is 9.97 Å². The van der Waals surface area contributed by atoms with Crippen LogP contribution >= 0.6 is 0 Å². The van der Waals surface area contributed by atoms with Crippen LogP contribution < -0.4 is 10.2 Å². The van der Waals surface area contributed by atoms with Crippen LogP contribution in [0.15, 0.2) is 6.33 Å². The molecule has 2 aliphatic heterocycles. The molecular formula is C15H22N4. The topological polar surface area (TPSA) is 41.1 Å². The van der Waals surface area contributed by atoms with Crippen LogP contribution in [0.4, 0.5) is 5.82 Å². The van der Waals surface area contributed by atoms with Crippen molar-refractivity contribution in [2.24, 2.45) is 0 Å². The summed E-state index contributed by atoms with van der Waals surface area (Å²) in [4.78, 5) is 11.7. The van der Waals surface area contributed by atoms with Crippen LogP contribution in [-0.2, 0) is 12.8 Å². The average molecular weight is 258 g/mol. The molecular weight excluding hydrogens is 236 g/mol. The molecule has 1 aliphatic carbocycles. The highest BCUT2D eigenvalue weighted by molar-refractivity contribution is 5.52. The maximum absolute atomic E-state index is 4.64. The first-order valence-corrected chi connectivity index (χ1v) is 7.76. The molecule has 0 bridgehead atoms. The van der Waals surface area contributed by atoms with Crippen LogP contribution in [0.25, 0.3) is 0 Å². The summed E-state index contributed by atoms with van der Waals surface area (Å²) in [6.45, 7) is 2.36. The number of aryl methyl sites for hydroxylation is 1. The smallest absolute Gasteiger partial charge is 0.135 e. The van der Waals surface area contributed by atoms with Gasteiger partial charge in [0.15, 0.2) is 0 Å². The maximum Gasteiger partial charge on any atom is 0.135 e. The largest absolute Gasteiger partial charge is 0.352 e. The first kappa shape index (κ1) is 11.6. The van der Waals surface area contributed by atoms with E-state index in [1.165, 1.54) is 68.7 Å². The Labute approximate surface area is 114 Å². The third-order valence-corrected chi connectivity index (χ3v) is 4.99. The van der Waals surface area contributed by atoms with E-state index in [-0.39, 0.29) is 0 Å². The van der Waals surface area contributed by atoms with Crippen molar-refractivity contribution in [1.29, 1.82) is 0 Å². The fourth-order valence-corrected chi connectivity index (χ4v) is 4.10. The molecule has 4 rings (SSSR count). The van der Waals surface area contributed by atoms with E-state index < -0.39 is 0 Å². The molecule has 2 unspecified atom stereocenters. The molecule has 0 amide bonds. The summed E-state index contributed by atoms with van der Waals surface area (Å²) in [7, 11) is 0. The van der Waals surface area contributed by atoms with Gasteiger partial charge in [-0.05, 0) is 51.5 Å². The van der Waals surface area contributed by atoms with Gasteiger partial charge in [0.1, 0.15) is 12.1 Å². The first-order valence-electron chi connectivity index (χ1n) is 7.76. The number of anilines is 1. The standard InChI is InChI=1S/C15H22N4/c1-4-11-12(5-1)17-10-18-15(11)19-9-3-7-14(19)13-6-2-8-16-13/h10,13-14,16H,1-9H2. The predicted octanol–water partition coefficient (Wildman–Crippen LogP) is 1.69. The molecule has 3 aliphatic rings. The molecule has 2 saturated heterocycles. The molecule has 4 heteroatoms. The van der Waals surface area contributed by atoms with E-state index >= 15 is 0 Å². The fraction of sp³-hybridized carbons (Fsp3) is 0.733. The predicted molar refractivity (Wildman–Crippen MR) is 75.4 cm³/mol. The number of hydrogen-bond acceptors (Lipinski definition) is 4. The Morgan fingerprint density at radius 1 is 1.11 bits per heavy atom. The van der Waals surface area contributed by atoms with Crippen LogP contribution in [0.3, 0.4) is 0 Å². The highest BCUT2D eigenvalue weighted by Crippen LogP contribution is 2.34. The molecule has 1 aromatic rings. The number of rotatable bonds is 2. The van der Waals surface area contributed by atoms with Crippen molar-refractivity contribution in [2.75, 3.05) is 18.0 Å². The minimum Gasteiger partial charge on any atom is -0.352 e. The third-order valence-electron chi connectivity index (χ3n) is 4.99. The Morgan fingerprint density at radius 2 is 2.11 bits per heavy atom. The second kappa shape index (κ2) is 4.75. The van der Waals surface area contributed by atoms with Crippen molar-refractivity contribution < 1.29 is 0 Å². The second-order valence-electron chi connectivity index (χ2n) is 6.08. The van der Waals surface area contributed by atoms with Crippen molar-refractivity contribution in [1.82, 2.24) is 15.3 Å². The van der Waals surface area contributed by atoms with Crippen molar-refractivity contribution in [3.8, 4) is 0 Å². The molecule has 2 fully saturated rings. The number of hydrogen-bond donors (Lipinski definition) is 1. The van der Waals surface area contributed by atoms with E-state index in [0.717, 1.165) is 6.42 Å². The molecule has 0 spiro atoms. The summed E-state index contributed by atoms with van der Waals surface area (Å²) in [5.74, 6) is 1.25. The molecule has 102 valence electrons. The van der Waals surface area contributed by atoms with E-state index in [0.29, 0.717) is 12.1 Å². The lowest BCUT2D eigenvalue weighted by Crippen LogP contribution is -2.44. The molecule has 4 nitrogen and oxygen atoms in total. The molecule has 0 aromatic carbocycles. The maximum atomic E-state index is 4.64. The van der Waals surface area contributed by atoms with Crippen LogP contribution in [0.5, 0.6) is 0 Å². The number of aromatic nitrogens is 2. The van der Waals surface area contributed by atoms with Crippen molar-refractivity contribution in [2.45, 2.75) is 57.0 Å². The Balaban J connectivity index is 1.65. The molecule has 1 N–H and O–H groups in total. The monoisotopic (exact) mass is 258 g/mol. The second-order valence-corrected chi connectivity index (χ2v) is 6.08. The zero-order valence-corrected chi connectivity index (χ0v) is 11.4. The summed E-state index contributed by atoms with van der Waals surface area (Å²) < 4.78 is 0. The quantitative estimate of drug-likeness (QED) is 0.876. The molecule has 19 heavy (non-hydrogen) atoms. The zero-order valence-electron chi connectivity index (χ0n) is 11.4. The summed E-state index contributed by atoms with van der Waals surface area (Å²) >= 11 is 0. The van der Waals surface area contributed by atoms with Crippen LogP contribution in [-0.4, -0.2) is 35.1 Å². The first-order chi connectivity index (χ1) is 9.43. The molecule has 0 radical (unpaired) electrons. The van der Waals surface area contributed by atoms with Crippen LogP contribution in [0.2, 0.25) is 0 Å².